The Balaban J connectivity index is 1.71. The zero-order valence-electron chi connectivity index (χ0n) is 17.5. The van der Waals surface area contributed by atoms with Gasteiger partial charge in [-0.05, 0) is 38.2 Å². The van der Waals surface area contributed by atoms with E-state index in [0.29, 0.717) is 17.3 Å². The van der Waals surface area contributed by atoms with E-state index in [0.717, 1.165) is 48.9 Å². The van der Waals surface area contributed by atoms with E-state index in [4.69, 9.17) is 10.4 Å². The fourth-order valence-corrected chi connectivity index (χ4v) is 4.12. The quantitative estimate of drug-likeness (QED) is 0.496. The molecule has 158 valence electrons. The summed E-state index contributed by atoms with van der Waals surface area (Å²) >= 11 is 0. The van der Waals surface area contributed by atoms with E-state index in [1.807, 2.05) is 29.3 Å². The predicted molar refractivity (Wildman–Crippen MR) is 117 cm³/mol. The van der Waals surface area contributed by atoms with Gasteiger partial charge in [0.05, 0.1) is 53.7 Å². The van der Waals surface area contributed by atoms with Crippen molar-refractivity contribution in [2.75, 3.05) is 0 Å². The number of rotatable bonds is 8. The Morgan fingerprint density at radius 2 is 2.13 bits per heavy atom. The third-order valence-electron chi connectivity index (χ3n) is 5.96. The smallest absolute Gasteiger partial charge is 0.0999 e. The van der Waals surface area contributed by atoms with Gasteiger partial charge in [0.2, 0.25) is 0 Å². The van der Waals surface area contributed by atoms with Crippen molar-refractivity contribution in [3.8, 4) is 11.3 Å². The van der Waals surface area contributed by atoms with Gasteiger partial charge in [-0.15, -0.1) is 0 Å². The van der Waals surface area contributed by atoms with Crippen LogP contribution < -0.4 is 5.32 Å². The van der Waals surface area contributed by atoms with Crippen LogP contribution in [-0.2, 0) is 0 Å². The molecule has 3 heterocycles. The highest BCUT2D eigenvalue weighted by Crippen LogP contribution is 2.26. The Morgan fingerprint density at radius 3 is 2.83 bits per heavy atom. The summed E-state index contributed by atoms with van der Waals surface area (Å²) < 4.78 is 3.79. The van der Waals surface area contributed by atoms with E-state index < -0.39 is 0 Å². The van der Waals surface area contributed by atoms with Gasteiger partial charge in [0.25, 0.3) is 0 Å². The van der Waals surface area contributed by atoms with Gasteiger partial charge in [-0.1, -0.05) is 13.8 Å². The molecule has 0 amide bonds. The third kappa shape index (κ3) is 3.87. The molecule has 8 heteroatoms. The predicted octanol–water partition coefficient (Wildman–Crippen LogP) is 3.45. The maximum absolute atomic E-state index is 10.1. The van der Waals surface area contributed by atoms with Gasteiger partial charge in [0.15, 0.2) is 0 Å². The van der Waals surface area contributed by atoms with Crippen LogP contribution in [0.25, 0.3) is 22.3 Å². The molecule has 1 aliphatic rings. The van der Waals surface area contributed by atoms with Crippen LogP contribution in [-0.4, -0.2) is 47.8 Å². The highest BCUT2D eigenvalue weighted by Gasteiger charge is 2.24. The summed E-state index contributed by atoms with van der Waals surface area (Å²) in [4.78, 5) is 4.87. The highest BCUT2D eigenvalue weighted by molar-refractivity contribution is 6.07. The first-order valence-electron chi connectivity index (χ1n) is 10.7. The maximum Gasteiger partial charge on any atom is 0.0999 e. The first kappa shape index (κ1) is 20.3. The van der Waals surface area contributed by atoms with Gasteiger partial charge < -0.3 is 15.8 Å². The topological polar surface area (TPSA) is 104 Å². The summed E-state index contributed by atoms with van der Waals surface area (Å²) in [7, 11) is 0. The Morgan fingerprint density at radius 1 is 1.30 bits per heavy atom. The van der Waals surface area contributed by atoms with Gasteiger partial charge in [-0.3, -0.25) is 4.68 Å². The average Bonchev–Trinajstić information content (AvgIpc) is 3.50. The normalized spacial score (nSPS) is 19.7. The standard InChI is InChI=1S/C22H29N7O/c1-3-17(4-2)28-13-16(12-26-28)22-20-8-9-25-29(20)14-19(27-22)15(10-23)11-24-18-6-5-7-21(18)30/h8-14,17-18,21,23-24,30H,3-7H2,1-2H3/b15-11+,23-10?. The maximum atomic E-state index is 10.1. The van der Waals surface area contributed by atoms with Crippen LogP contribution in [0.15, 0.2) is 37.1 Å². The molecule has 0 bridgehead atoms. The number of aliphatic hydroxyl groups is 1. The molecule has 0 radical (unpaired) electrons. The first-order valence-corrected chi connectivity index (χ1v) is 10.7. The lowest BCUT2D eigenvalue weighted by atomic mass is 10.1. The molecule has 2 unspecified atom stereocenters. The molecule has 3 aromatic heterocycles. The highest BCUT2D eigenvalue weighted by atomic mass is 16.3. The molecule has 0 aliphatic heterocycles. The molecule has 0 aromatic carbocycles. The second-order valence-corrected chi connectivity index (χ2v) is 7.83. The largest absolute Gasteiger partial charge is 0.391 e. The Kier molecular flexibility index (Phi) is 5.94. The number of fused-ring (bicyclic) bond motifs is 1. The fraction of sp³-hybridized carbons (Fsp3) is 0.455. The minimum Gasteiger partial charge on any atom is -0.391 e. The van der Waals surface area contributed by atoms with E-state index in [-0.39, 0.29) is 12.1 Å². The molecule has 3 N–H and O–H groups in total. The van der Waals surface area contributed by atoms with E-state index >= 15 is 0 Å². The van der Waals surface area contributed by atoms with Gasteiger partial charge in [-0.25, -0.2) is 9.50 Å². The van der Waals surface area contributed by atoms with Gasteiger partial charge in [0.1, 0.15) is 0 Å². The van der Waals surface area contributed by atoms with Crippen molar-refractivity contribution in [2.24, 2.45) is 0 Å². The van der Waals surface area contributed by atoms with E-state index in [2.05, 4.69) is 29.4 Å². The minimum absolute atomic E-state index is 0.0195. The monoisotopic (exact) mass is 407 g/mol. The molecule has 4 rings (SSSR count). The van der Waals surface area contributed by atoms with Crippen molar-refractivity contribution in [3.63, 3.8) is 0 Å². The molecular formula is C22H29N7O. The van der Waals surface area contributed by atoms with Crippen molar-refractivity contribution in [1.82, 2.24) is 29.7 Å². The minimum atomic E-state index is -0.346. The van der Waals surface area contributed by atoms with Crippen LogP contribution in [0.4, 0.5) is 0 Å². The van der Waals surface area contributed by atoms with Crippen molar-refractivity contribution < 1.29 is 5.11 Å². The summed E-state index contributed by atoms with van der Waals surface area (Å²) in [5.41, 5.74) is 3.89. The zero-order valence-corrected chi connectivity index (χ0v) is 17.5. The van der Waals surface area contributed by atoms with Crippen LogP contribution in [0, 0.1) is 5.41 Å². The molecular weight excluding hydrogens is 378 g/mol. The van der Waals surface area contributed by atoms with Crippen LogP contribution in [0.5, 0.6) is 0 Å². The average molecular weight is 408 g/mol. The number of allylic oxidation sites excluding steroid dienone is 1. The number of nitrogens with one attached hydrogen (secondary N) is 2. The summed E-state index contributed by atoms with van der Waals surface area (Å²) in [6.07, 6.45) is 15.0. The van der Waals surface area contributed by atoms with Crippen LogP contribution in [0.1, 0.15) is 57.7 Å². The zero-order chi connectivity index (χ0) is 21.1. The molecule has 0 saturated heterocycles. The molecule has 1 aliphatic carbocycles. The lowest BCUT2D eigenvalue weighted by Crippen LogP contribution is -2.32. The molecule has 0 spiro atoms. The summed E-state index contributed by atoms with van der Waals surface area (Å²) in [5.74, 6) is 0. The van der Waals surface area contributed by atoms with Crippen molar-refractivity contribution in [1.29, 1.82) is 5.41 Å². The van der Waals surface area contributed by atoms with Crippen LogP contribution >= 0.6 is 0 Å². The molecule has 8 nitrogen and oxygen atoms in total. The van der Waals surface area contributed by atoms with E-state index in [1.165, 1.54) is 6.21 Å². The Hall–Kier alpha value is -3.00. The van der Waals surface area contributed by atoms with Crippen LogP contribution in [0.2, 0.25) is 0 Å². The third-order valence-corrected chi connectivity index (χ3v) is 5.96. The van der Waals surface area contributed by atoms with Crippen molar-refractivity contribution >= 4 is 17.3 Å². The second kappa shape index (κ2) is 8.79. The van der Waals surface area contributed by atoms with Crippen molar-refractivity contribution in [2.45, 2.75) is 64.1 Å². The van der Waals surface area contributed by atoms with Crippen molar-refractivity contribution in [3.05, 3.63) is 42.7 Å². The molecule has 1 saturated carbocycles. The first-order chi connectivity index (χ1) is 14.6. The summed E-state index contributed by atoms with van der Waals surface area (Å²) in [6, 6.07) is 2.31. The van der Waals surface area contributed by atoms with Gasteiger partial charge in [0, 0.05) is 29.7 Å². The Bertz CT molecular complexity index is 1050. The van der Waals surface area contributed by atoms with Gasteiger partial charge in [-0.2, -0.15) is 10.2 Å². The lowest BCUT2D eigenvalue weighted by Gasteiger charge is -2.15. The summed E-state index contributed by atoms with van der Waals surface area (Å²) in [6.45, 7) is 4.33. The second-order valence-electron chi connectivity index (χ2n) is 7.83. The SMILES string of the molecule is CCC(CC)n1cc(-c2nc(/C(C=N)=C/NC3CCCC3O)cn3nccc23)cn1. The lowest BCUT2D eigenvalue weighted by molar-refractivity contribution is 0.155. The molecule has 30 heavy (non-hydrogen) atoms. The number of hydrogen-bond donors (Lipinski definition) is 3. The van der Waals surface area contributed by atoms with Gasteiger partial charge >= 0.3 is 0 Å². The molecule has 1 fully saturated rings. The summed E-state index contributed by atoms with van der Waals surface area (Å²) in [5, 5.41) is 30.2. The number of hydrogen-bond acceptors (Lipinski definition) is 6. The van der Waals surface area contributed by atoms with E-state index in [1.54, 1.807) is 16.9 Å². The fourth-order valence-electron chi connectivity index (χ4n) is 4.12. The number of aliphatic hydroxyl groups excluding tert-OH is 1. The number of nitrogens with zero attached hydrogens (tertiary/aromatic N) is 5. The number of aromatic nitrogens is 5. The molecule has 3 aromatic rings. The van der Waals surface area contributed by atoms with Crippen LogP contribution in [0.3, 0.4) is 0 Å². The van der Waals surface area contributed by atoms with E-state index in [9.17, 15) is 5.11 Å². The Labute approximate surface area is 176 Å². The molecule has 2 atom stereocenters.